The van der Waals surface area contributed by atoms with E-state index in [9.17, 15) is 4.79 Å². The maximum absolute atomic E-state index is 12.2. The number of hydrogen-bond donors (Lipinski definition) is 2. The molecule has 3 rings (SSSR count). The fourth-order valence-corrected chi connectivity index (χ4v) is 2.71. The van der Waals surface area contributed by atoms with Gasteiger partial charge >= 0.3 is 0 Å². The van der Waals surface area contributed by atoms with Gasteiger partial charge in [-0.1, -0.05) is 35.9 Å². The van der Waals surface area contributed by atoms with Crippen LogP contribution in [0.4, 0.5) is 11.6 Å². The molecule has 0 radical (unpaired) electrons. The van der Waals surface area contributed by atoms with Crippen molar-refractivity contribution in [3.63, 3.8) is 0 Å². The van der Waals surface area contributed by atoms with Gasteiger partial charge in [-0.25, -0.2) is 0 Å². The molecule has 1 aromatic heterocycles. The van der Waals surface area contributed by atoms with Crippen molar-refractivity contribution >= 4 is 29.1 Å². The van der Waals surface area contributed by atoms with Crippen molar-refractivity contribution in [3.05, 3.63) is 76.8 Å². The maximum atomic E-state index is 12.2. The Balaban J connectivity index is 1.52. The molecule has 138 valence electrons. The second kappa shape index (κ2) is 9.00. The molecule has 0 aliphatic heterocycles. The number of hydrogen-bond acceptors (Lipinski definition) is 5. The number of nitrogens with zero attached hydrogens (tertiary/aromatic N) is 2. The number of amides is 1. The number of carbonyl (C=O) groups is 1. The van der Waals surface area contributed by atoms with E-state index < -0.39 is 0 Å². The molecule has 3 aromatic rings. The molecule has 0 fully saturated rings. The molecule has 0 unspecified atom stereocenters. The molecule has 0 bridgehead atoms. The highest BCUT2D eigenvalue weighted by atomic mass is 35.5. The lowest BCUT2D eigenvalue weighted by atomic mass is 10.1. The second-order valence-electron chi connectivity index (χ2n) is 5.77. The third kappa shape index (κ3) is 5.18. The number of ether oxygens (including phenoxy) is 1. The molecule has 27 heavy (non-hydrogen) atoms. The lowest BCUT2D eigenvalue weighted by Gasteiger charge is -2.08. The molecule has 2 N–H and O–H groups in total. The fourth-order valence-electron chi connectivity index (χ4n) is 2.49. The lowest BCUT2D eigenvalue weighted by Crippen LogP contribution is -2.14. The van der Waals surface area contributed by atoms with Crippen LogP contribution in [0.5, 0.6) is 5.75 Å². The van der Waals surface area contributed by atoms with Gasteiger partial charge < -0.3 is 15.4 Å². The van der Waals surface area contributed by atoms with E-state index in [4.69, 9.17) is 16.3 Å². The number of aromatic nitrogens is 2. The van der Waals surface area contributed by atoms with Crippen molar-refractivity contribution in [1.82, 2.24) is 10.2 Å². The van der Waals surface area contributed by atoms with Crippen molar-refractivity contribution in [3.8, 4) is 5.75 Å². The Morgan fingerprint density at radius 1 is 1.04 bits per heavy atom. The average molecular weight is 383 g/mol. The zero-order valence-corrected chi connectivity index (χ0v) is 15.5. The largest absolute Gasteiger partial charge is 0.497 e. The van der Waals surface area contributed by atoms with Gasteiger partial charge in [-0.3, -0.25) is 4.79 Å². The van der Waals surface area contributed by atoms with Crippen LogP contribution in [0.2, 0.25) is 5.02 Å². The number of rotatable bonds is 7. The van der Waals surface area contributed by atoms with Gasteiger partial charge in [0.2, 0.25) is 0 Å². The van der Waals surface area contributed by atoms with Crippen LogP contribution >= 0.6 is 11.6 Å². The summed E-state index contributed by atoms with van der Waals surface area (Å²) in [6.45, 7) is 0.702. The van der Waals surface area contributed by atoms with Crippen molar-refractivity contribution in [2.45, 2.75) is 6.42 Å². The minimum absolute atomic E-state index is 0.325. The molecule has 6 nitrogen and oxygen atoms in total. The standard InChI is InChI=1S/C20H19ClN4O2/c1-27-15-6-4-5-14(13-15)11-12-22-18-9-10-19(25-24-18)23-20(26)16-7-2-3-8-17(16)21/h2-10,13H,11-12H2,1H3,(H,22,24)(H,23,25,26). The second-order valence-corrected chi connectivity index (χ2v) is 6.17. The summed E-state index contributed by atoms with van der Waals surface area (Å²) >= 11 is 6.02. The van der Waals surface area contributed by atoms with E-state index in [1.807, 2.05) is 24.3 Å². The van der Waals surface area contributed by atoms with Crippen LogP contribution in [0.3, 0.4) is 0 Å². The monoisotopic (exact) mass is 382 g/mol. The summed E-state index contributed by atoms with van der Waals surface area (Å²) in [6, 6.07) is 18.2. The molecule has 0 aliphatic carbocycles. The summed E-state index contributed by atoms with van der Waals surface area (Å²) in [5.41, 5.74) is 1.56. The first-order chi connectivity index (χ1) is 13.2. The van der Waals surface area contributed by atoms with E-state index in [0.29, 0.717) is 28.8 Å². The number of nitrogens with one attached hydrogen (secondary N) is 2. The normalized spacial score (nSPS) is 10.3. The molecule has 1 amide bonds. The van der Waals surface area contributed by atoms with Crippen molar-refractivity contribution in [2.24, 2.45) is 0 Å². The number of benzene rings is 2. The maximum Gasteiger partial charge on any atom is 0.258 e. The third-order valence-corrected chi connectivity index (χ3v) is 4.21. The van der Waals surface area contributed by atoms with Gasteiger partial charge in [-0.05, 0) is 48.4 Å². The van der Waals surface area contributed by atoms with E-state index in [-0.39, 0.29) is 5.91 Å². The average Bonchev–Trinajstić information content (AvgIpc) is 2.70. The lowest BCUT2D eigenvalue weighted by molar-refractivity contribution is 0.102. The van der Waals surface area contributed by atoms with Crippen molar-refractivity contribution in [2.75, 3.05) is 24.3 Å². The van der Waals surface area contributed by atoms with Crippen LogP contribution in [-0.4, -0.2) is 29.8 Å². The molecular formula is C20H19ClN4O2. The third-order valence-electron chi connectivity index (χ3n) is 3.88. The Labute approximate surface area is 162 Å². The number of anilines is 2. The van der Waals surface area contributed by atoms with Crippen LogP contribution in [0.25, 0.3) is 0 Å². The van der Waals surface area contributed by atoms with E-state index in [1.54, 1.807) is 43.5 Å². The topological polar surface area (TPSA) is 76.1 Å². The Bertz CT molecular complexity index is 916. The van der Waals surface area contributed by atoms with Crippen LogP contribution in [0.1, 0.15) is 15.9 Å². The van der Waals surface area contributed by atoms with Gasteiger partial charge in [0.25, 0.3) is 5.91 Å². The first-order valence-electron chi connectivity index (χ1n) is 8.42. The summed E-state index contributed by atoms with van der Waals surface area (Å²) in [5.74, 6) is 1.51. The SMILES string of the molecule is COc1cccc(CCNc2ccc(NC(=O)c3ccccc3Cl)nn2)c1. The number of carbonyl (C=O) groups excluding carboxylic acids is 1. The van der Waals surface area contributed by atoms with Gasteiger partial charge in [0.1, 0.15) is 11.6 Å². The first-order valence-corrected chi connectivity index (χ1v) is 8.80. The smallest absolute Gasteiger partial charge is 0.258 e. The van der Waals surface area contributed by atoms with Crippen LogP contribution in [-0.2, 0) is 6.42 Å². The minimum Gasteiger partial charge on any atom is -0.497 e. The zero-order valence-electron chi connectivity index (χ0n) is 14.8. The van der Waals surface area contributed by atoms with E-state index in [2.05, 4.69) is 20.8 Å². The summed E-state index contributed by atoms with van der Waals surface area (Å²) < 4.78 is 5.22. The van der Waals surface area contributed by atoms with Crippen molar-refractivity contribution in [1.29, 1.82) is 0 Å². The highest BCUT2D eigenvalue weighted by molar-refractivity contribution is 6.34. The van der Waals surface area contributed by atoms with E-state index >= 15 is 0 Å². The Hall–Kier alpha value is -3.12. The van der Waals surface area contributed by atoms with Gasteiger partial charge in [0, 0.05) is 6.54 Å². The highest BCUT2D eigenvalue weighted by Gasteiger charge is 2.10. The fraction of sp³-hybridized carbons (Fsp3) is 0.150. The molecular weight excluding hydrogens is 364 g/mol. The summed E-state index contributed by atoms with van der Waals surface area (Å²) in [6.07, 6.45) is 0.823. The van der Waals surface area contributed by atoms with Gasteiger partial charge in [0.05, 0.1) is 17.7 Å². The number of halogens is 1. The molecule has 0 spiro atoms. The van der Waals surface area contributed by atoms with E-state index in [1.165, 1.54) is 5.56 Å². The van der Waals surface area contributed by atoms with Crippen LogP contribution in [0.15, 0.2) is 60.7 Å². The number of methoxy groups -OCH3 is 1. The quantitative estimate of drug-likeness (QED) is 0.644. The van der Waals surface area contributed by atoms with Gasteiger partial charge in [-0.2, -0.15) is 0 Å². The van der Waals surface area contributed by atoms with Crippen molar-refractivity contribution < 1.29 is 9.53 Å². The molecule has 0 atom stereocenters. The Morgan fingerprint density at radius 2 is 1.81 bits per heavy atom. The molecule has 1 heterocycles. The van der Waals surface area contributed by atoms with Gasteiger partial charge in [-0.15, -0.1) is 10.2 Å². The minimum atomic E-state index is -0.325. The molecule has 0 saturated carbocycles. The molecule has 2 aromatic carbocycles. The van der Waals surface area contributed by atoms with Gasteiger partial charge in [0.15, 0.2) is 5.82 Å². The Morgan fingerprint density at radius 3 is 2.56 bits per heavy atom. The van der Waals surface area contributed by atoms with Crippen LogP contribution < -0.4 is 15.4 Å². The summed E-state index contributed by atoms with van der Waals surface area (Å²) in [7, 11) is 1.65. The molecule has 0 saturated heterocycles. The Kier molecular flexibility index (Phi) is 6.22. The molecule has 0 aliphatic rings. The van der Waals surface area contributed by atoms with Crippen LogP contribution in [0, 0.1) is 0 Å². The zero-order chi connectivity index (χ0) is 19.1. The predicted octanol–water partition coefficient (Wildman–Crippen LogP) is 4.05. The summed E-state index contributed by atoms with van der Waals surface area (Å²) in [4.78, 5) is 12.2. The first kappa shape index (κ1) is 18.7. The molecule has 7 heteroatoms. The predicted molar refractivity (Wildman–Crippen MR) is 107 cm³/mol. The van der Waals surface area contributed by atoms with E-state index in [0.717, 1.165) is 12.2 Å². The summed E-state index contributed by atoms with van der Waals surface area (Å²) in [5, 5.41) is 14.4. The highest BCUT2D eigenvalue weighted by Crippen LogP contribution is 2.17.